The Kier molecular flexibility index (Phi) is 5.44. The lowest BCUT2D eigenvalue weighted by atomic mass is 9.75. The standard InChI is InChI=1S/C26H28N2O5/c1-33-19-15-9-8-14-18(19)22-20-21(24(30)28(23(20)29)17-12-6-3-7-13-17)26(27-22,25(31)32)16-10-4-2-5-11-16/h2,4-5,8-11,14-15,17,20-22,27H,3,6-7,12-13H2,1H3,(H,31,32). The molecule has 2 N–H and O–H groups in total. The van der Waals surface area contributed by atoms with Gasteiger partial charge in [-0.25, -0.2) is 4.79 Å². The molecule has 0 aromatic heterocycles. The molecule has 2 heterocycles. The highest BCUT2D eigenvalue weighted by Crippen LogP contribution is 2.54. The van der Waals surface area contributed by atoms with E-state index in [-0.39, 0.29) is 17.9 Å². The Labute approximate surface area is 192 Å². The minimum Gasteiger partial charge on any atom is -0.496 e. The highest BCUT2D eigenvalue weighted by atomic mass is 16.5. The maximum absolute atomic E-state index is 13.9. The molecule has 0 radical (unpaired) electrons. The van der Waals surface area contributed by atoms with Crippen molar-refractivity contribution in [2.45, 2.75) is 49.7 Å². The minimum atomic E-state index is -1.71. The molecule has 0 spiro atoms. The lowest BCUT2D eigenvalue weighted by Gasteiger charge is -2.35. The Balaban J connectivity index is 1.69. The first-order valence-corrected chi connectivity index (χ1v) is 11.6. The van der Waals surface area contributed by atoms with Crippen LogP contribution in [0.5, 0.6) is 5.75 Å². The van der Waals surface area contributed by atoms with Crippen LogP contribution in [0.3, 0.4) is 0 Å². The number of fused-ring (bicyclic) bond motifs is 1. The fourth-order valence-corrected chi connectivity index (χ4v) is 6.11. The highest BCUT2D eigenvalue weighted by molar-refractivity contribution is 6.10. The predicted molar refractivity (Wildman–Crippen MR) is 120 cm³/mol. The van der Waals surface area contributed by atoms with Crippen LogP contribution >= 0.6 is 0 Å². The number of nitrogens with zero attached hydrogens (tertiary/aromatic N) is 1. The Morgan fingerprint density at radius 1 is 1.00 bits per heavy atom. The van der Waals surface area contributed by atoms with Gasteiger partial charge in [-0.1, -0.05) is 67.8 Å². The molecule has 2 aliphatic heterocycles. The smallest absolute Gasteiger partial charge is 0.329 e. The highest BCUT2D eigenvalue weighted by Gasteiger charge is 2.70. The SMILES string of the molecule is COc1ccccc1C1NC(C(=O)O)(c2ccccc2)C2C(=O)N(C3CCCCC3)C(=O)C12. The van der Waals surface area contributed by atoms with Crippen molar-refractivity contribution in [3.05, 3.63) is 65.7 Å². The summed E-state index contributed by atoms with van der Waals surface area (Å²) in [6, 6.07) is 15.2. The van der Waals surface area contributed by atoms with E-state index in [1.165, 1.54) is 4.90 Å². The van der Waals surface area contributed by atoms with Crippen molar-refractivity contribution < 1.29 is 24.2 Å². The molecule has 1 saturated carbocycles. The van der Waals surface area contributed by atoms with Crippen LogP contribution in [-0.4, -0.2) is 40.9 Å². The van der Waals surface area contributed by atoms with Crippen molar-refractivity contribution >= 4 is 17.8 Å². The Morgan fingerprint density at radius 2 is 1.67 bits per heavy atom. The zero-order valence-electron chi connectivity index (χ0n) is 18.6. The van der Waals surface area contributed by atoms with Crippen LogP contribution < -0.4 is 10.1 Å². The van der Waals surface area contributed by atoms with Crippen molar-refractivity contribution in [1.29, 1.82) is 0 Å². The molecular weight excluding hydrogens is 420 g/mol. The van der Waals surface area contributed by atoms with Gasteiger partial charge in [0.15, 0.2) is 5.54 Å². The summed E-state index contributed by atoms with van der Waals surface area (Å²) in [6.07, 6.45) is 4.57. The number of nitrogens with one attached hydrogen (secondary N) is 1. The molecular formula is C26H28N2O5. The molecule has 7 nitrogen and oxygen atoms in total. The average Bonchev–Trinajstić information content (AvgIpc) is 3.34. The molecule has 33 heavy (non-hydrogen) atoms. The van der Waals surface area contributed by atoms with E-state index in [9.17, 15) is 19.5 Å². The number of methoxy groups -OCH3 is 1. The van der Waals surface area contributed by atoms with Gasteiger partial charge >= 0.3 is 5.97 Å². The molecule has 2 aromatic carbocycles. The van der Waals surface area contributed by atoms with Crippen LogP contribution in [-0.2, 0) is 19.9 Å². The molecule has 172 valence electrons. The first-order chi connectivity index (χ1) is 16.0. The first kappa shape index (κ1) is 21.6. The number of carboxylic acid groups (broad SMARTS) is 1. The first-order valence-electron chi connectivity index (χ1n) is 11.6. The number of imide groups is 1. The average molecular weight is 449 g/mol. The van der Waals surface area contributed by atoms with Crippen LogP contribution in [0.1, 0.15) is 49.3 Å². The number of benzene rings is 2. The van der Waals surface area contributed by atoms with Crippen LogP contribution in [0, 0.1) is 11.8 Å². The summed E-state index contributed by atoms with van der Waals surface area (Å²) < 4.78 is 5.55. The molecule has 2 amide bonds. The van der Waals surface area contributed by atoms with Gasteiger partial charge in [-0.05, 0) is 24.5 Å². The van der Waals surface area contributed by atoms with E-state index >= 15 is 0 Å². The summed E-state index contributed by atoms with van der Waals surface area (Å²) in [5.41, 5.74) is -0.564. The molecule has 5 rings (SSSR count). The second-order valence-corrected chi connectivity index (χ2v) is 9.18. The topological polar surface area (TPSA) is 95.9 Å². The van der Waals surface area contributed by atoms with E-state index in [0.29, 0.717) is 16.9 Å². The van der Waals surface area contributed by atoms with Crippen molar-refractivity contribution in [3.8, 4) is 5.75 Å². The number of aliphatic carboxylic acids is 1. The summed E-state index contributed by atoms with van der Waals surface area (Å²) in [6.45, 7) is 0. The van der Waals surface area contributed by atoms with Gasteiger partial charge in [0, 0.05) is 17.6 Å². The number of likely N-dealkylation sites (tertiary alicyclic amines) is 1. The number of para-hydroxylation sites is 1. The van der Waals surface area contributed by atoms with Gasteiger partial charge < -0.3 is 9.84 Å². The molecule has 3 aliphatic rings. The van der Waals surface area contributed by atoms with E-state index < -0.39 is 29.4 Å². The molecule has 7 heteroatoms. The second-order valence-electron chi connectivity index (χ2n) is 9.18. The third-order valence-electron chi connectivity index (χ3n) is 7.57. The molecule has 2 saturated heterocycles. The lowest BCUT2D eigenvalue weighted by Crippen LogP contribution is -2.54. The summed E-state index contributed by atoms with van der Waals surface area (Å²) in [5, 5.41) is 13.8. The van der Waals surface area contributed by atoms with Gasteiger partial charge in [-0.15, -0.1) is 0 Å². The monoisotopic (exact) mass is 448 g/mol. The molecule has 3 fully saturated rings. The summed E-state index contributed by atoms with van der Waals surface area (Å²) >= 11 is 0. The summed E-state index contributed by atoms with van der Waals surface area (Å²) in [4.78, 5) is 42.1. The maximum atomic E-state index is 13.9. The van der Waals surface area contributed by atoms with Crippen molar-refractivity contribution in [1.82, 2.24) is 10.2 Å². The van der Waals surface area contributed by atoms with E-state index in [0.717, 1.165) is 32.1 Å². The quantitative estimate of drug-likeness (QED) is 0.682. The van der Waals surface area contributed by atoms with Gasteiger partial charge in [0.2, 0.25) is 11.8 Å². The van der Waals surface area contributed by atoms with E-state index in [4.69, 9.17) is 4.74 Å². The van der Waals surface area contributed by atoms with Crippen molar-refractivity contribution in [2.24, 2.45) is 11.8 Å². The van der Waals surface area contributed by atoms with E-state index in [1.807, 2.05) is 18.2 Å². The normalized spacial score (nSPS) is 29.8. The Hall–Kier alpha value is -3.19. The number of carbonyl (C=O) groups excluding carboxylic acids is 2. The summed E-state index contributed by atoms with van der Waals surface area (Å²) in [5.74, 6) is -3.13. The fourth-order valence-electron chi connectivity index (χ4n) is 6.11. The van der Waals surface area contributed by atoms with Gasteiger partial charge in [0.05, 0.1) is 18.9 Å². The number of rotatable bonds is 5. The largest absolute Gasteiger partial charge is 0.496 e. The van der Waals surface area contributed by atoms with Crippen LogP contribution in [0.15, 0.2) is 54.6 Å². The number of carbonyl (C=O) groups is 3. The zero-order chi connectivity index (χ0) is 23.2. The Bertz CT molecular complexity index is 1080. The van der Waals surface area contributed by atoms with Crippen LogP contribution in [0.25, 0.3) is 0 Å². The number of carboxylic acids is 1. The summed E-state index contributed by atoms with van der Waals surface area (Å²) in [7, 11) is 1.54. The molecule has 4 unspecified atom stereocenters. The van der Waals surface area contributed by atoms with Crippen LogP contribution in [0.4, 0.5) is 0 Å². The third-order valence-corrected chi connectivity index (χ3v) is 7.57. The third kappa shape index (κ3) is 3.17. The number of hydrogen-bond acceptors (Lipinski definition) is 5. The van der Waals surface area contributed by atoms with E-state index in [2.05, 4.69) is 5.32 Å². The molecule has 2 aromatic rings. The zero-order valence-corrected chi connectivity index (χ0v) is 18.6. The van der Waals surface area contributed by atoms with E-state index in [1.54, 1.807) is 43.5 Å². The molecule has 0 bridgehead atoms. The van der Waals surface area contributed by atoms with Gasteiger partial charge in [-0.3, -0.25) is 19.8 Å². The molecule has 1 aliphatic carbocycles. The van der Waals surface area contributed by atoms with Crippen molar-refractivity contribution in [3.63, 3.8) is 0 Å². The number of hydrogen-bond donors (Lipinski definition) is 2. The van der Waals surface area contributed by atoms with Gasteiger partial charge in [-0.2, -0.15) is 0 Å². The molecule has 4 atom stereocenters. The van der Waals surface area contributed by atoms with Gasteiger partial charge in [0.1, 0.15) is 5.75 Å². The predicted octanol–water partition coefficient (Wildman–Crippen LogP) is 3.25. The second kappa shape index (κ2) is 8.30. The number of ether oxygens (including phenoxy) is 1. The van der Waals surface area contributed by atoms with Crippen molar-refractivity contribution in [2.75, 3.05) is 7.11 Å². The van der Waals surface area contributed by atoms with Gasteiger partial charge in [0.25, 0.3) is 0 Å². The minimum absolute atomic E-state index is 0.162. The fraction of sp³-hybridized carbons (Fsp3) is 0.423. The van der Waals surface area contributed by atoms with Crippen LogP contribution in [0.2, 0.25) is 0 Å². The maximum Gasteiger partial charge on any atom is 0.329 e. The number of amides is 2. The Morgan fingerprint density at radius 3 is 2.33 bits per heavy atom. The lowest BCUT2D eigenvalue weighted by molar-refractivity contribution is -0.153.